The summed E-state index contributed by atoms with van der Waals surface area (Å²) in [5, 5.41) is 0. The van der Waals surface area contributed by atoms with Crippen molar-refractivity contribution in [2.75, 3.05) is 18.8 Å². The van der Waals surface area contributed by atoms with Crippen LogP contribution in [-0.4, -0.2) is 25.8 Å². The van der Waals surface area contributed by atoms with Crippen molar-refractivity contribution in [2.45, 2.75) is 11.8 Å². The van der Waals surface area contributed by atoms with E-state index in [0.29, 0.717) is 11.3 Å². The molecule has 0 fully saturated rings. The van der Waals surface area contributed by atoms with E-state index in [9.17, 15) is 8.42 Å². The third kappa shape index (κ3) is 5.52. The Hall–Kier alpha value is -3.51. The monoisotopic (exact) mass is 414 g/mol. The number of hydrogen-bond donors (Lipinski definition) is 1. The summed E-state index contributed by atoms with van der Waals surface area (Å²) in [5.74, 6) is 11.8. The highest BCUT2D eigenvalue weighted by molar-refractivity contribution is 7.89. The molecular formula is C25H22N2O2S. The van der Waals surface area contributed by atoms with Crippen LogP contribution in [0.2, 0.25) is 0 Å². The summed E-state index contributed by atoms with van der Waals surface area (Å²) in [6.45, 7) is 1.95. The molecule has 0 aromatic heterocycles. The molecule has 0 aliphatic heterocycles. The first-order valence-electron chi connectivity index (χ1n) is 9.41. The highest BCUT2D eigenvalue weighted by Gasteiger charge is 2.22. The molecule has 3 rings (SSSR count). The lowest BCUT2D eigenvalue weighted by Gasteiger charge is -2.17. The highest BCUT2D eigenvalue weighted by atomic mass is 32.2. The van der Waals surface area contributed by atoms with Gasteiger partial charge in [0, 0.05) is 16.8 Å². The average Bonchev–Trinajstić information content (AvgIpc) is 2.75. The molecule has 0 heterocycles. The van der Waals surface area contributed by atoms with Crippen molar-refractivity contribution in [2.24, 2.45) is 0 Å². The van der Waals surface area contributed by atoms with Crippen molar-refractivity contribution in [1.82, 2.24) is 4.31 Å². The van der Waals surface area contributed by atoms with E-state index in [-0.39, 0.29) is 18.0 Å². The van der Waals surface area contributed by atoms with Crippen LogP contribution < -0.4 is 5.73 Å². The van der Waals surface area contributed by atoms with Crippen molar-refractivity contribution >= 4 is 15.7 Å². The Morgan fingerprint density at radius 1 is 0.800 bits per heavy atom. The van der Waals surface area contributed by atoms with E-state index >= 15 is 0 Å². The third-order valence-corrected chi connectivity index (χ3v) is 6.17. The van der Waals surface area contributed by atoms with Gasteiger partial charge in [-0.05, 0) is 43.3 Å². The Morgan fingerprint density at radius 2 is 1.40 bits per heavy atom. The van der Waals surface area contributed by atoms with Gasteiger partial charge in [-0.25, -0.2) is 8.42 Å². The lowest BCUT2D eigenvalue weighted by atomic mass is 10.2. The molecule has 0 atom stereocenters. The second-order valence-corrected chi connectivity index (χ2v) is 8.58. The van der Waals surface area contributed by atoms with Gasteiger partial charge in [0.1, 0.15) is 0 Å². The lowest BCUT2D eigenvalue weighted by Crippen LogP contribution is -2.32. The zero-order valence-electron chi connectivity index (χ0n) is 16.7. The van der Waals surface area contributed by atoms with Gasteiger partial charge in [-0.1, -0.05) is 71.7 Å². The molecule has 4 nitrogen and oxygen atoms in total. The molecule has 5 heteroatoms. The first-order valence-corrected chi connectivity index (χ1v) is 10.8. The van der Waals surface area contributed by atoms with E-state index in [4.69, 9.17) is 5.73 Å². The zero-order chi connectivity index (χ0) is 21.4. The minimum absolute atomic E-state index is 0.00795. The van der Waals surface area contributed by atoms with Gasteiger partial charge in [0.2, 0.25) is 10.0 Å². The number of sulfonamides is 1. The molecule has 0 radical (unpaired) electrons. The number of para-hydroxylation sites is 1. The van der Waals surface area contributed by atoms with Crippen molar-refractivity contribution in [3.8, 4) is 23.7 Å². The van der Waals surface area contributed by atoms with E-state index in [0.717, 1.165) is 11.1 Å². The second-order valence-electron chi connectivity index (χ2n) is 6.64. The van der Waals surface area contributed by atoms with Gasteiger partial charge < -0.3 is 5.73 Å². The Labute approximate surface area is 178 Å². The zero-order valence-corrected chi connectivity index (χ0v) is 17.5. The molecule has 2 N–H and O–H groups in total. The van der Waals surface area contributed by atoms with Crippen LogP contribution in [-0.2, 0) is 10.0 Å². The number of benzene rings is 3. The van der Waals surface area contributed by atoms with Crippen LogP contribution in [0.25, 0.3) is 0 Å². The van der Waals surface area contributed by atoms with E-state index in [1.807, 2.05) is 49.4 Å². The summed E-state index contributed by atoms with van der Waals surface area (Å²) in [6, 6.07) is 23.4. The highest BCUT2D eigenvalue weighted by Crippen LogP contribution is 2.16. The summed E-state index contributed by atoms with van der Waals surface area (Å²) in [4.78, 5) is 0.218. The predicted molar refractivity (Wildman–Crippen MR) is 121 cm³/mol. The van der Waals surface area contributed by atoms with Crippen LogP contribution in [0.4, 0.5) is 5.69 Å². The molecule has 0 amide bonds. The number of anilines is 1. The molecule has 3 aromatic rings. The van der Waals surface area contributed by atoms with Gasteiger partial charge in [-0.2, -0.15) is 4.31 Å². The number of nitrogens with two attached hydrogens (primary N) is 1. The molecular weight excluding hydrogens is 392 g/mol. The smallest absolute Gasteiger partial charge is 0.244 e. The second kappa shape index (κ2) is 9.80. The van der Waals surface area contributed by atoms with E-state index in [1.165, 1.54) is 4.31 Å². The number of rotatable bonds is 4. The van der Waals surface area contributed by atoms with Crippen LogP contribution in [0.15, 0.2) is 83.8 Å². The van der Waals surface area contributed by atoms with Gasteiger partial charge >= 0.3 is 0 Å². The third-order valence-electron chi connectivity index (χ3n) is 4.36. The van der Waals surface area contributed by atoms with Gasteiger partial charge in [0.15, 0.2) is 0 Å². The molecule has 0 saturated carbocycles. The fourth-order valence-corrected chi connectivity index (χ4v) is 3.92. The fraction of sp³-hybridized carbons (Fsp3) is 0.120. The number of nitrogens with zero attached hydrogens (tertiary/aromatic N) is 1. The molecule has 0 aliphatic rings. The maximum absolute atomic E-state index is 13.2. The fourth-order valence-electron chi connectivity index (χ4n) is 2.67. The number of aryl methyl sites for hydroxylation is 1. The normalized spacial score (nSPS) is 10.6. The minimum atomic E-state index is -3.74. The van der Waals surface area contributed by atoms with Gasteiger partial charge in [-0.3, -0.25) is 0 Å². The molecule has 0 bridgehead atoms. The standard InChI is InChI=1S/C25H22N2O2S/c1-21-15-17-24(18-16-21)30(28,29)27(19-7-11-22-9-3-2-4-10-22)20-8-13-23-12-5-6-14-25(23)26/h2-6,9-10,12,14-18H,19-20,26H2,1H3. The number of nitrogen functional groups attached to an aromatic ring is 1. The average molecular weight is 415 g/mol. The lowest BCUT2D eigenvalue weighted by molar-refractivity contribution is 0.482. The number of hydrogen-bond acceptors (Lipinski definition) is 3. The van der Waals surface area contributed by atoms with Gasteiger partial charge in [0.05, 0.1) is 18.0 Å². The molecule has 30 heavy (non-hydrogen) atoms. The summed E-state index contributed by atoms with van der Waals surface area (Å²) in [7, 11) is -3.74. The van der Waals surface area contributed by atoms with E-state index in [1.54, 1.807) is 36.4 Å². The SMILES string of the molecule is Cc1ccc(S(=O)(=O)N(CC#Cc2ccccc2)CC#Cc2ccccc2N)cc1. The summed E-state index contributed by atoms with van der Waals surface area (Å²) in [5.41, 5.74) is 8.96. The van der Waals surface area contributed by atoms with Crippen LogP contribution in [0, 0.1) is 30.6 Å². The van der Waals surface area contributed by atoms with Crippen LogP contribution in [0.5, 0.6) is 0 Å². The van der Waals surface area contributed by atoms with Crippen molar-refractivity contribution in [1.29, 1.82) is 0 Å². The quantitative estimate of drug-likeness (QED) is 0.523. The minimum Gasteiger partial charge on any atom is -0.398 e. The van der Waals surface area contributed by atoms with Crippen molar-refractivity contribution < 1.29 is 8.42 Å². The van der Waals surface area contributed by atoms with Crippen LogP contribution >= 0.6 is 0 Å². The first-order chi connectivity index (χ1) is 14.5. The topological polar surface area (TPSA) is 63.4 Å². The van der Waals surface area contributed by atoms with Crippen molar-refractivity contribution in [3.05, 3.63) is 95.6 Å². The molecule has 0 spiro atoms. The molecule has 0 saturated heterocycles. The van der Waals surface area contributed by atoms with Crippen LogP contribution in [0.3, 0.4) is 0 Å². The maximum Gasteiger partial charge on any atom is 0.244 e. The van der Waals surface area contributed by atoms with Gasteiger partial charge in [-0.15, -0.1) is 0 Å². The first kappa shape index (κ1) is 21.2. The van der Waals surface area contributed by atoms with Crippen molar-refractivity contribution in [3.63, 3.8) is 0 Å². The Kier molecular flexibility index (Phi) is 6.93. The Morgan fingerprint density at radius 3 is 2.07 bits per heavy atom. The molecule has 0 aliphatic carbocycles. The molecule has 0 unspecified atom stereocenters. The summed E-state index contributed by atoms with van der Waals surface area (Å²) >= 11 is 0. The maximum atomic E-state index is 13.2. The largest absolute Gasteiger partial charge is 0.398 e. The molecule has 150 valence electrons. The molecule has 3 aromatic carbocycles. The van der Waals surface area contributed by atoms with Crippen LogP contribution in [0.1, 0.15) is 16.7 Å². The van der Waals surface area contributed by atoms with E-state index < -0.39 is 10.0 Å². The summed E-state index contributed by atoms with van der Waals surface area (Å²) < 4.78 is 27.6. The van der Waals surface area contributed by atoms with Gasteiger partial charge in [0.25, 0.3) is 0 Å². The predicted octanol–water partition coefficient (Wildman–Crippen LogP) is 3.67. The summed E-state index contributed by atoms with van der Waals surface area (Å²) in [6.07, 6.45) is 0. The van der Waals surface area contributed by atoms with E-state index in [2.05, 4.69) is 23.7 Å². The Balaban J connectivity index is 1.87. The Bertz CT molecular complexity index is 1230.